The maximum atomic E-state index is 11.3. The predicted octanol–water partition coefficient (Wildman–Crippen LogP) is 1.79. The highest BCUT2D eigenvalue weighted by molar-refractivity contribution is 5.87. The topological polar surface area (TPSA) is 67.0 Å². The van der Waals surface area contributed by atoms with E-state index in [-0.39, 0.29) is 5.97 Å². The van der Waals surface area contributed by atoms with E-state index >= 15 is 0 Å². The number of nitrogens with zero attached hydrogens (tertiary/aromatic N) is 1. The van der Waals surface area contributed by atoms with Gasteiger partial charge in [-0.2, -0.15) is 0 Å². The van der Waals surface area contributed by atoms with E-state index in [1.807, 2.05) is 18.3 Å². The van der Waals surface area contributed by atoms with Crippen molar-refractivity contribution in [1.82, 2.24) is 15.3 Å². The monoisotopic (exact) mass is 259 g/mol. The molecule has 0 aromatic carbocycles. The van der Waals surface area contributed by atoms with Crippen LogP contribution in [0.3, 0.4) is 0 Å². The third kappa shape index (κ3) is 3.42. The zero-order valence-electron chi connectivity index (χ0n) is 11.1. The summed E-state index contributed by atoms with van der Waals surface area (Å²) in [6.07, 6.45) is 3.64. The van der Waals surface area contributed by atoms with Gasteiger partial charge in [0.25, 0.3) is 0 Å². The number of esters is 1. The van der Waals surface area contributed by atoms with Gasteiger partial charge in [-0.05, 0) is 36.2 Å². The zero-order chi connectivity index (χ0) is 13.7. The van der Waals surface area contributed by atoms with Crippen LogP contribution in [0.25, 0.3) is 0 Å². The van der Waals surface area contributed by atoms with Crippen molar-refractivity contribution < 1.29 is 9.53 Å². The normalized spacial score (nSPS) is 10.4. The van der Waals surface area contributed by atoms with Gasteiger partial charge in [0.15, 0.2) is 0 Å². The Bertz CT molecular complexity index is 563. The fraction of sp³-hybridized carbons (Fsp3) is 0.286. The molecule has 0 spiro atoms. The smallest absolute Gasteiger partial charge is 0.354 e. The second-order valence-electron chi connectivity index (χ2n) is 4.29. The van der Waals surface area contributed by atoms with E-state index in [4.69, 9.17) is 0 Å². The van der Waals surface area contributed by atoms with Crippen LogP contribution in [0.1, 0.15) is 27.3 Å². The Hall–Kier alpha value is -2.14. The van der Waals surface area contributed by atoms with Crippen molar-refractivity contribution in [2.45, 2.75) is 20.0 Å². The minimum atomic E-state index is -0.352. The number of aromatic amines is 1. The Kier molecular flexibility index (Phi) is 4.30. The highest BCUT2D eigenvalue weighted by atomic mass is 16.5. The summed E-state index contributed by atoms with van der Waals surface area (Å²) in [5, 5.41) is 3.31. The number of ether oxygens (including phenoxy) is 1. The maximum absolute atomic E-state index is 11.3. The van der Waals surface area contributed by atoms with Crippen LogP contribution in [0.4, 0.5) is 0 Å². The van der Waals surface area contributed by atoms with Crippen molar-refractivity contribution in [2.24, 2.45) is 0 Å². The van der Waals surface area contributed by atoms with Crippen molar-refractivity contribution in [1.29, 1.82) is 0 Å². The number of aromatic nitrogens is 2. The van der Waals surface area contributed by atoms with Crippen molar-refractivity contribution in [3.63, 3.8) is 0 Å². The Balaban J connectivity index is 1.88. The van der Waals surface area contributed by atoms with Crippen molar-refractivity contribution in [3.8, 4) is 0 Å². The molecule has 100 valence electrons. The number of aryl methyl sites for hydroxylation is 1. The Morgan fingerprint density at radius 2 is 2.21 bits per heavy atom. The summed E-state index contributed by atoms with van der Waals surface area (Å²) >= 11 is 0. The lowest BCUT2D eigenvalue weighted by molar-refractivity contribution is 0.0594. The number of hydrogen-bond donors (Lipinski definition) is 2. The largest absolute Gasteiger partial charge is 0.464 e. The molecule has 2 rings (SSSR count). The van der Waals surface area contributed by atoms with Gasteiger partial charge in [0, 0.05) is 31.2 Å². The fourth-order valence-corrected chi connectivity index (χ4v) is 1.79. The molecule has 0 radical (unpaired) electrons. The third-order valence-corrected chi connectivity index (χ3v) is 2.93. The Morgan fingerprint density at radius 1 is 1.37 bits per heavy atom. The first-order valence-corrected chi connectivity index (χ1v) is 6.07. The molecule has 0 saturated heterocycles. The summed E-state index contributed by atoms with van der Waals surface area (Å²) < 4.78 is 4.64. The fourth-order valence-electron chi connectivity index (χ4n) is 1.79. The second kappa shape index (κ2) is 6.15. The molecule has 5 nitrogen and oxygen atoms in total. The molecule has 0 fully saturated rings. The van der Waals surface area contributed by atoms with Gasteiger partial charge in [-0.1, -0.05) is 0 Å². The van der Waals surface area contributed by atoms with Crippen LogP contribution < -0.4 is 5.32 Å². The van der Waals surface area contributed by atoms with E-state index in [9.17, 15) is 4.79 Å². The molecule has 2 aromatic rings. The van der Waals surface area contributed by atoms with E-state index < -0.39 is 0 Å². The molecule has 2 heterocycles. The lowest BCUT2D eigenvalue weighted by Crippen LogP contribution is -2.14. The van der Waals surface area contributed by atoms with Crippen LogP contribution in [0.15, 0.2) is 30.6 Å². The highest BCUT2D eigenvalue weighted by Gasteiger charge is 2.07. The van der Waals surface area contributed by atoms with Gasteiger partial charge in [-0.3, -0.25) is 4.98 Å². The molecule has 5 heteroatoms. The van der Waals surface area contributed by atoms with Crippen LogP contribution in [0, 0.1) is 6.92 Å². The summed E-state index contributed by atoms with van der Waals surface area (Å²) in [7, 11) is 1.37. The first kappa shape index (κ1) is 13.3. The number of carbonyl (C=O) groups excluding carboxylic acids is 1. The van der Waals surface area contributed by atoms with E-state index in [1.165, 1.54) is 18.2 Å². The van der Waals surface area contributed by atoms with Crippen molar-refractivity contribution in [2.75, 3.05) is 7.11 Å². The molecule has 0 aliphatic carbocycles. The summed E-state index contributed by atoms with van der Waals surface area (Å²) in [5.41, 5.74) is 3.80. The van der Waals surface area contributed by atoms with Crippen LogP contribution in [-0.4, -0.2) is 23.0 Å². The van der Waals surface area contributed by atoms with Crippen LogP contribution in [-0.2, 0) is 17.8 Å². The minimum absolute atomic E-state index is 0.352. The van der Waals surface area contributed by atoms with E-state index in [0.717, 1.165) is 12.2 Å². The van der Waals surface area contributed by atoms with Gasteiger partial charge in [-0.25, -0.2) is 4.79 Å². The molecular formula is C14H17N3O2. The molecule has 0 aliphatic heterocycles. The number of carbonyl (C=O) groups is 1. The molecule has 2 N–H and O–H groups in total. The number of hydrogen-bond acceptors (Lipinski definition) is 4. The average Bonchev–Trinajstić information content (AvgIpc) is 2.89. The van der Waals surface area contributed by atoms with E-state index in [0.29, 0.717) is 12.2 Å². The number of nitrogens with one attached hydrogen (secondary N) is 2. The van der Waals surface area contributed by atoms with Gasteiger partial charge in [-0.15, -0.1) is 0 Å². The molecule has 0 saturated carbocycles. The maximum Gasteiger partial charge on any atom is 0.354 e. The van der Waals surface area contributed by atoms with Crippen LogP contribution in [0.2, 0.25) is 0 Å². The molecule has 2 aromatic heterocycles. The van der Waals surface area contributed by atoms with Crippen molar-refractivity contribution >= 4 is 5.97 Å². The molecular weight excluding hydrogens is 242 g/mol. The summed E-state index contributed by atoms with van der Waals surface area (Å²) in [4.78, 5) is 18.4. The molecule has 0 atom stereocenters. The van der Waals surface area contributed by atoms with Gasteiger partial charge >= 0.3 is 5.97 Å². The Labute approximate surface area is 112 Å². The van der Waals surface area contributed by atoms with Crippen molar-refractivity contribution in [3.05, 3.63) is 53.1 Å². The average molecular weight is 259 g/mol. The van der Waals surface area contributed by atoms with Gasteiger partial charge in [0.05, 0.1) is 7.11 Å². The minimum Gasteiger partial charge on any atom is -0.464 e. The summed E-state index contributed by atoms with van der Waals surface area (Å²) in [6.45, 7) is 3.46. The van der Waals surface area contributed by atoms with Gasteiger partial charge < -0.3 is 15.0 Å². The number of methoxy groups -OCH3 is 1. The zero-order valence-corrected chi connectivity index (χ0v) is 11.1. The standard InChI is InChI=1S/C14H17N3O2/c1-10-5-6-15-7-11(10)8-16-9-12-3-4-13(17-12)14(18)19-2/h3-7,16-17H,8-9H2,1-2H3. The number of pyridine rings is 1. The molecule has 0 bridgehead atoms. The predicted molar refractivity (Wildman–Crippen MR) is 71.6 cm³/mol. The number of rotatable bonds is 5. The van der Waals surface area contributed by atoms with Gasteiger partial charge in [0.1, 0.15) is 5.69 Å². The van der Waals surface area contributed by atoms with Gasteiger partial charge in [0.2, 0.25) is 0 Å². The number of H-pyrrole nitrogens is 1. The highest BCUT2D eigenvalue weighted by Crippen LogP contribution is 2.06. The van der Waals surface area contributed by atoms with E-state index in [2.05, 4.69) is 26.9 Å². The lowest BCUT2D eigenvalue weighted by atomic mass is 10.1. The first-order valence-electron chi connectivity index (χ1n) is 6.07. The quantitative estimate of drug-likeness (QED) is 0.803. The lowest BCUT2D eigenvalue weighted by Gasteiger charge is -2.06. The third-order valence-electron chi connectivity index (χ3n) is 2.93. The van der Waals surface area contributed by atoms with E-state index in [1.54, 1.807) is 12.3 Å². The Morgan fingerprint density at radius 3 is 2.95 bits per heavy atom. The molecule has 0 unspecified atom stereocenters. The first-order chi connectivity index (χ1) is 9.20. The summed E-state index contributed by atoms with van der Waals surface area (Å²) in [5.74, 6) is -0.352. The second-order valence-corrected chi connectivity index (χ2v) is 4.29. The molecule has 0 aliphatic rings. The summed E-state index contributed by atoms with van der Waals surface area (Å²) in [6, 6.07) is 5.58. The SMILES string of the molecule is COC(=O)c1ccc(CNCc2cnccc2C)[nH]1. The van der Waals surface area contributed by atoms with Crippen LogP contribution in [0.5, 0.6) is 0 Å². The van der Waals surface area contributed by atoms with Crippen LogP contribution >= 0.6 is 0 Å². The molecule has 19 heavy (non-hydrogen) atoms. The molecule has 0 amide bonds.